The zero-order chi connectivity index (χ0) is 18.3. The van der Waals surface area contributed by atoms with Gasteiger partial charge in [0, 0.05) is 25.7 Å². The van der Waals surface area contributed by atoms with Gasteiger partial charge in [-0.05, 0) is 55.5 Å². The molecule has 2 aliphatic rings. The van der Waals surface area contributed by atoms with Gasteiger partial charge < -0.3 is 0 Å². The number of piperidine rings is 1. The first kappa shape index (κ1) is 18.4. The van der Waals surface area contributed by atoms with E-state index in [0.717, 1.165) is 37.1 Å². The summed E-state index contributed by atoms with van der Waals surface area (Å²) in [7, 11) is -1.22. The molecule has 0 amide bonds. The van der Waals surface area contributed by atoms with E-state index in [1.165, 1.54) is 11.1 Å². The molecule has 0 N–H and O–H groups in total. The third kappa shape index (κ3) is 3.34. The van der Waals surface area contributed by atoms with Crippen molar-refractivity contribution in [3.8, 4) is 0 Å². The molecular weight excluding hydrogens is 388 g/mol. The van der Waals surface area contributed by atoms with Crippen LogP contribution in [0.1, 0.15) is 30.0 Å². The molecule has 0 aliphatic carbocycles. The second-order valence-electron chi connectivity index (χ2n) is 7.17. The van der Waals surface area contributed by atoms with Crippen LogP contribution in [0.2, 0.25) is 4.34 Å². The van der Waals surface area contributed by atoms with E-state index in [9.17, 15) is 8.42 Å². The van der Waals surface area contributed by atoms with Gasteiger partial charge in [0.25, 0.3) is 10.0 Å². The number of thiophene rings is 1. The summed E-state index contributed by atoms with van der Waals surface area (Å²) in [5, 5.41) is 0. The molecule has 1 unspecified atom stereocenters. The van der Waals surface area contributed by atoms with E-state index in [4.69, 9.17) is 11.6 Å². The van der Waals surface area contributed by atoms with Crippen LogP contribution in [0.3, 0.4) is 0 Å². The van der Waals surface area contributed by atoms with Crippen LogP contribution >= 0.6 is 22.9 Å². The van der Waals surface area contributed by atoms with E-state index in [1.54, 1.807) is 16.4 Å². The van der Waals surface area contributed by atoms with Crippen molar-refractivity contribution < 1.29 is 8.42 Å². The van der Waals surface area contributed by atoms with Crippen molar-refractivity contribution in [1.82, 2.24) is 9.21 Å². The Morgan fingerprint density at radius 1 is 1.08 bits per heavy atom. The fraction of sp³-hybridized carbons (Fsp3) is 0.474. The summed E-state index contributed by atoms with van der Waals surface area (Å²) < 4.78 is 28.1. The van der Waals surface area contributed by atoms with Crippen LogP contribution in [0.5, 0.6) is 0 Å². The number of nitrogens with zero attached hydrogens (tertiary/aromatic N) is 2. The van der Waals surface area contributed by atoms with E-state index in [2.05, 4.69) is 36.2 Å². The molecule has 2 aliphatic heterocycles. The van der Waals surface area contributed by atoms with Crippen LogP contribution in [-0.4, -0.2) is 44.3 Å². The van der Waals surface area contributed by atoms with E-state index in [0.29, 0.717) is 33.6 Å². The topological polar surface area (TPSA) is 40.6 Å². The van der Waals surface area contributed by atoms with Gasteiger partial charge in [-0.15, -0.1) is 11.3 Å². The van der Waals surface area contributed by atoms with Crippen molar-refractivity contribution >= 4 is 33.0 Å². The first-order chi connectivity index (χ1) is 12.5. The highest BCUT2D eigenvalue weighted by Crippen LogP contribution is 2.40. The average Bonchev–Trinajstić information content (AvgIpc) is 3.09. The molecule has 1 saturated heterocycles. The molecule has 1 atom stereocenters. The number of rotatable bonds is 3. The van der Waals surface area contributed by atoms with Gasteiger partial charge in [-0.2, -0.15) is 4.31 Å². The first-order valence-electron chi connectivity index (χ1n) is 9.00. The Morgan fingerprint density at radius 2 is 1.81 bits per heavy atom. The van der Waals surface area contributed by atoms with Gasteiger partial charge in [-0.25, -0.2) is 8.42 Å². The summed E-state index contributed by atoms with van der Waals surface area (Å²) in [5.74, 6) is 0.486. The second kappa shape index (κ2) is 7.24. The second-order valence-corrected chi connectivity index (χ2v) is 11.1. The lowest BCUT2D eigenvalue weighted by molar-refractivity contribution is 0.122. The van der Waals surface area contributed by atoms with Crippen LogP contribution in [0, 0.1) is 5.92 Å². The SMILES string of the molecule is CN1CCc2ccccc2C1C1CCN(S(=O)(=O)c2ccc(Cl)s2)CC1. The molecule has 4 nitrogen and oxygen atoms in total. The smallest absolute Gasteiger partial charge is 0.252 e. The van der Waals surface area contributed by atoms with Gasteiger partial charge in [-0.3, -0.25) is 4.90 Å². The van der Waals surface area contributed by atoms with Crippen molar-refractivity contribution in [2.75, 3.05) is 26.7 Å². The molecule has 2 aromatic rings. The molecule has 1 fully saturated rings. The zero-order valence-electron chi connectivity index (χ0n) is 14.8. The normalized spacial score (nSPS) is 23.1. The van der Waals surface area contributed by atoms with E-state index < -0.39 is 10.0 Å². The molecule has 0 bridgehead atoms. The highest BCUT2D eigenvalue weighted by atomic mass is 35.5. The molecule has 1 aromatic heterocycles. The Balaban J connectivity index is 1.51. The third-order valence-electron chi connectivity index (χ3n) is 5.67. The van der Waals surface area contributed by atoms with Crippen LogP contribution in [0.4, 0.5) is 0 Å². The minimum absolute atomic E-state index is 0.348. The molecule has 140 valence electrons. The molecule has 4 rings (SSSR count). The van der Waals surface area contributed by atoms with Gasteiger partial charge in [0.1, 0.15) is 4.21 Å². The third-order valence-corrected chi connectivity index (χ3v) is 9.27. The molecule has 0 radical (unpaired) electrons. The Hall–Kier alpha value is -0.920. The van der Waals surface area contributed by atoms with E-state index in [1.807, 2.05) is 0 Å². The minimum Gasteiger partial charge on any atom is -0.299 e. The molecule has 26 heavy (non-hydrogen) atoms. The number of hydrogen-bond donors (Lipinski definition) is 0. The number of likely N-dealkylation sites (N-methyl/N-ethyl adjacent to an activating group) is 1. The van der Waals surface area contributed by atoms with Crippen LogP contribution in [-0.2, 0) is 16.4 Å². The standard InChI is InChI=1S/C19H23ClN2O2S2/c1-21-11-8-14-4-2-3-5-16(14)19(21)15-9-12-22(13-10-15)26(23,24)18-7-6-17(20)25-18/h2-7,15,19H,8-13H2,1H3. The summed E-state index contributed by atoms with van der Waals surface area (Å²) in [6, 6.07) is 12.4. The van der Waals surface area contributed by atoms with Gasteiger partial charge in [0.05, 0.1) is 4.34 Å². The van der Waals surface area contributed by atoms with Crippen LogP contribution in [0.25, 0.3) is 0 Å². The Morgan fingerprint density at radius 3 is 2.50 bits per heavy atom. The highest BCUT2D eigenvalue weighted by Gasteiger charge is 2.37. The number of fused-ring (bicyclic) bond motifs is 1. The molecule has 1 aromatic carbocycles. The van der Waals surface area contributed by atoms with Gasteiger partial charge in [-0.1, -0.05) is 35.9 Å². The predicted molar refractivity (Wildman–Crippen MR) is 106 cm³/mol. The first-order valence-corrected chi connectivity index (χ1v) is 11.6. The summed E-state index contributed by atoms with van der Waals surface area (Å²) >= 11 is 7.06. The monoisotopic (exact) mass is 410 g/mol. The number of halogens is 1. The number of sulfonamides is 1. The lowest BCUT2D eigenvalue weighted by Gasteiger charge is -2.42. The summed E-state index contributed by atoms with van der Waals surface area (Å²) in [6.45, 7) is 2.22. The Kier molecular flexibility index (Phi) is 5.14. The van der Waals surface area contributed by atoms with Gasteiger partial charge >= 0.3 is 0 Å². The fourth-order valence-electron chi connectivity index (χ4n) is 4.33. The predicted octanol–water partition coefficient (Wildman–Crippen LogP) is 4.03. The molecule has 0 saturated carbocycles. The molecular formula is C19H23ClN2O2S2. The molecule has 0 spiro atoms. The zero-order valence-corrected chi connectivity index (χ0v) is 17.2. The fourth-order valence-corrected chi connectivity index (χ4v) is 7.44. The average molecular weight is 411 g/mol. The maximum absolute atomic E-state index is 12.8. The maximum atomic E-state index is 12.8. The van der Waals surface area contributed by atoms with Gasteiger partial charge in [0.2, 0.25) is 0 Å². The Labute approximate surface area is 164 Å². The van der Waals surface area contributed by atoms with Crippen molar-refractivity contribution in [3.63, 3.8) is 0 Å². The number of hydrogen-bond acceptors (Lipinski definition) is 4. The lowest BCUT2D eigenvalue weighted by Crippen LogP contribution is -2.43. The summed E-state index contributed by atoms with van der Waals surface area (Å²) in [6.07, 6.45) is 2.87. The molecule has 7 heteroatoms. The van der Waals surface area contributed by atoms with Crippen molar-refractivity contribution in [2.24, 2.45) is 5.92 Å². The van der Waals surface area contributed by atoms with Crippen molar-refractivity contribution in [2.45, 2.75) is 29.5 Å². The van der Waals surface area contributed by atoms with Crippen molar-refractivity contribution in [1.29, 1.82) is 0 Å². The quantitative estimate of drug-likeness (QED) is 0.766. The molecule has 3 heterocycles. The minimum atomic E-state index is -3.42. The number of benzene rings is 1. The van der Waals surface area contributed by atoms with Crippen molar-refractivity contribution in [3.05, 3.63) is 51.9 Å². The lowest BCUT2D eigenvalue weighted by atomic mass is 9.80. The summed E-state index contributed by atoms with van der Waals surface area (Å²) in [4.78, 5) is 2.44. The van der Waals surface area contributed by atoms with Crippen LogP contribution < -0.4 is 0 Å². The van der Waals surface area contributed by atoms with E-state index in [-0.39, 0.29) is 0 Å². The summed E-state index contributed by atoms with van der Waals surface area (Å²) in [5.41, 5.74) is 2.87. The largest absolute Gasteiger partial charge is 0.299 e. The van der Waals surface area contributed by atoms with Gasteiger partial charge in [0.15, 0.2) is 0 Å². The van der Waals surface area contributed by atoms with Crippen LogP contribution in [0.15, 0.2) is 40.6 Å². The highest BCUT2D eigenvalue weighted by molar-refractivity contribution is 7.91. The maximum Gasteiger partial charge on any atom is 0.252 e. The Bertz CT molecular complexity index is 888. The van der Waals surface area contributed by atoms with E-state index >= 15 is 0 Å².